The molecule has 18 heavy (non-hydrogen) atoms. The van der Waals surface area contributed by atoms with Crippen molar-refractivity contribution >= 4 is 0 Å². The lowest BCUT2D eigenvalue weighted by Crippen LogP contribution is -2.00. The zero-order valence-corrected chi connectivity index (χ0v) is 10.6. The Morgan fingerprint density at radius 2 is 2.11 bits per heavy atom. The summed E-state index contributed by atoms with van der Waals surface area (Å²) in [5, 5.41) is 9.50. The van der Waals surface area contributed by atoms with Crippen LogP contribution in [0.3, 0.4) is 0 Å². The molecule has 0 aliphatic rings. The summed E-state index contributed by atoms with van der Waals surface area (Å²) in [5.41, 5.74) is 2.82. The van der Waals surface area contributed by atoms with Crippen molar-refractivity contribution in [3.05, 3.63) is 59.4 Å². The Labute approximate surface area is 107 Å². The summed E-state index contributed by atoms with van der Waals surface area (Å²) in [6.45, 7) is 4.18. The van der Waals surface area contributed by atoms with Gasteiger partial charge in [-0.15, -0.1) is 0 Å². The Kier molecular flexibility index (Phi) is 3.95. The molecule has 0 amide bonds. The highest BCUT2D eigenvalue weighted by Gasteiger charge is 2.05. The molecule has 1 heterocycles. The van der Waals surface area contributed by atoms with Crippen LogP contribution in [-0.4, -0.2) is 10.1 Å². The lowest BCUT2D eigenvalue weighted by Gasteiger charge is -2.11. The SMILES string of the molecule is Cc1cc(C(C)O)ccc1OCc1ccccn1. The van der Waals surface area contributed by atoms with Gasteiger partial charge < -0.3 is 9.84 Å². The topological polar surface area (TPSA) is 42.4 Å². The Morgan fingerprint density at radius 1 is 1.28 bits per heavy atom. The molecule has 0 bridgehead atoms. The van der Waals surface area contributed by atoms with Crippen molar-refractivity contribution in [2.75, 3.05) is 0 Å². The van der Waals surface area contributed by atoms with Gasteiger partial charge in [0.05, 0.1) is 11.8 Å². The van der Waals surface area contributed by atoms with Gasteiger partial charge in [-0.1, -0.05) is 12.1 Å². The van der Waals surface area contributed by atoms with E-state index in [9.17, 15) is 5.11 Å². The number of hydrogen-bond acceptors (Lipinski definition) is 3. The van der Waals surface area contributed by atoms with E-state index < -0.39 is 6.10 Å². The maximum atomic E-state index is 9.50. The quantitative estimate of drug-likeness (QED) is 0.897. The van der Waals surface area contributed by atoms with Crippen LogP contribution in [0.5, 0.6) is 5.75 Å². The fourth-order valence-corrected chi connectivity index (χ4v) is 1.73. The number of ether oxygens (including phenoxy) is 1. The predicted molar refractivity (Wildman–Crippen MR) is 70.4 cm³/mol. The molecular formula is C15H17NO2. The monoisotopic (exact) mass is 243 g/mol. The smallest absolute Gasteiger partial charge is 0.130 e. The highest BCUT2D eigenvalue weighted by Crippen LogP contribution is 2.23. The molecule has 0 aliphatic carbocycles. The van der Waals surface area contributed by atoms with Crippen LogP contribution in [0.1, 0.15) is 29.8 Å². The van der Waals surface area contributed by atoms with Gasteiger partial charge in [0.1, 0.15) is 12.4 Å². The summed E-state index contributed by atoms with van der Waals surface area (Å²) in [5.74, 6) is 0.824. The molecule has 3 heteroatoms. The van der Waals surface area contributed by atoms with Gasteiger partial charge in [-0.25, -0.2) is 0 Å². The Hall–Kier alpha value is -1.87. The standard InChI is InChI=1S/C15H17NO2/c1-11-9-13(12(2)17)6-7-15(11)18-10-14-5-3-4-8-16-14/h3-9,12,17H,10H2,1-2H3. The van der Waals surface area contributed by atoms with Gasteiger partial charge in [0.2, 0.25) is 0 Å². The molecule has 1 aromatic heterocycles. The fraction of sp³-hybridized carbons (Fsp3) is 0.267. The Morgan fingerprint density at radius 3 is 2.72 bits per heavy atom. The number of aryl methyl sites for hydroxylation is 1. The van der Waals surface area contributed by atoms with Crippen LogP contribution in [0, 0.1) is 6.92 Å². The summed E-state index contributed by atoms with van der Waals surface area (Å²) in [7, 11) is 0. The van der Waals surface area contributed by atoms with Gasteiger partial charge >= 0.3 is 0 Å². The number of aliphatic hydroxyl groups is 1. The Balaban J connectivity index is 2.06. The van der Waals surface area contributed by atoms with E-state index in [1.54, 1.807) is 13.1 Å². The van der Waals surface area contributed by atoms with Gasteiger partial charge in [-0.2, -0.15) is 0 Å². The second kappa shape index (κ2) is 5.65. The van der Waals surface area contributed by atoms with Crippen molar-refractivity contribution in [1.29, 1.82) is 0 Å². The first-order chi connectivity index (χ1) is 8.66. The molecule has 0 saturated heterocycles. The van der Waals surface area contributed by atoms with E-state index >= 15 is 0 Å². The van der Waals surface area contributed by atoms with E-state index in [1.807, 2.05) is 43.3 Å². The van der Waals surface area contributed by atoms with Gasteiger partial charge in [0, 0.05) is 6.20 Å². The van der Waals surface area contributed by atoms with Crippen molar-refractivity contribution in [2.45, 2.75) is 26.6 Å². The average molecular weight is 243 g/mol. The lowest BCUT2D eigenvalue weighted by atomic mass is 10.1. The number of pyridine rings is 1. The van der Waals surface area contributed by atoms with E-state index in [1.165, 1.54) is 0 Å². The number of nitrogens with zero attached hydrogens (tertiary/aromatic N) is 1. The molecule has 2 rings (SSSR count). The largest absolute Gasteiger partial charge is 0.487 e. The molecule has 1 atom stereocenters. The third kappa shape index (κ3) is 3.08. The summed E-state index contributed by atoms with van der Waals surface area (Å²) in [4.78, 5) is 4.20. The fourth-order valence-electron chi connectivity index (χ4n) is 1.73. The second-order valence-corrected chi connectivity index (χ2v) is 4.31. The number of rotatable bonds is 4. The van der Waals surface area contributed by atoms with E-state index in [2.05, 4.69) is 4.98 Å². The van der Waals surface area contributed by atoms with Gasteiger partial charge in [0.25, 0.3) is 0 Å². The molecule has 1 aromatic carbocycles. The molecule has 3 nitrogen and oxygen atoms in total. The maximum absolute atomic E-state index is 9.50. The summed E-state index contributed by atoms with van der Waals surface area (Å²) in [6, 6.07) is 11.5. The molecule has 0 fully saturated rings. The zero-order valence-electron chi connectivity index (χ0n) is 10.6. The van der Waals surface area contributed by atoms with E-state index in [0.29, 0.717) is 6.61 Å². The zero-order chi connectivity index (χ0) is 13.0. The normalized spacial score (nSPS) is 12.2. The van der Waals surface area contributed by atoms with Gasteiger partial charge in [-0.05, 0) is 49.2 Å². The second-order valence-electron chi connectivity index (χ2n) is 4.31. The highest BCUT2D eigenvalue weighted by molar-refractivity contribution is 5.37. The van der Waals surface area contributed by atoms with Crippen molar-refractivity contribution < 1.29 is 9.84 Å². The Bertz CT molecular complexity index is 509. The van der Waals surface area contributed by atoms with E-state index in [4.69, 9.17) is 4.74 Å². The van der Waals surface area contributed by atoms with Crippen LogP contribution in [0.4, 0.5) is 0 Å². The number of hydrogen-bond donors (Lipinski definition) is 1. The van der Waals surface area contributed by atoms with Crippen molar-refractivity contribution in [2.24, 2.45) is 0 Å². The number of aliphatic hydroxyl groups excluding tert-OH is 1. The minimum atomic E-state index is -0.450. The van der Waals surface area contributed by atoms with E-state index in [0.717, 1.165) is 22.6 Å². The third-order valence-corrected chi connectivity index (χ3v) is 2.78. The first-order valence-electron chi connectivity index (χ1n) is 5.98. The van der Waals surface area contributed by atoms with Crippen LogP contribution in [0.25, 0.3) is 0 Å². The van der Waals surface area contributed by atoms with Crippen molar-refractivity contribution in [3.8, 4) is 5.75 Å². The highest BCUT2D eigenvalue weighted by atomic mass is 16.5. The minimum absolute atomic E-state index is 0.450. The molecule has 1 unspecified atom stereocenters. The number of aromatic nitrogens is 1. The van der Waals surface area contributed by atoms with Crippen molar-refractivity contribution in [1.82, 2.24) is 4.98 Å². The van der Waals surface area contributed by atoms with Crippen molar-refractivity contribution in [3.63, 3.8) is 0 Å². The molecule has 2 aromatic rings. The summed E-state index contributed by atoms with van der Waals surface area (Å²) in [6.07, 6.45) is 1.30. The van der Waals surface area contributed by atoms with Crippen LogP contribution in [0.15, 0.2) is 42.6 Å². The molecule has 94 valence electrons. The molecule has 0 saturated carbocycles. The van der Waals surface area contributed by atoms with Crippen LogP contribution >= 0.6 is 0 Å². The van der Waals surface area contributed by atoms with E-state index in [-0.39, 0.29) is 0 Å². The molecule has 0 aliphatic heterocycles. The minimum Gasteiger partial charge on any atom is -0.487 e. The molecular weight excluding hydrogens is 226 g/mol. The molecule has 0 spiro atoms. The maximum Gasteiger partial charge on any atom is 0.130 e. The molecule has 1 N–H and O–H groups in total. The van der Waals surface area contributed by atoms with Gasteiger partial charge in [0.15, 0.2) is 0 Å². The average Bonchev–Trinajstić information content (AvgIpc) is 2.38. The summed E-state index contributed by atoms with van der Waals surface area (Å²) >= 11 is 0. The molecule has 0 radical (unpaired) electrons. The lowest BCUT2D eigenvalue weighted by molar-refractivity contribution is 0.199. The van der Waals surface area contributed by atoms with Crippen LogP contribution in [0.2, 0.25) is 0 Å². The van der Waals surface area contributed by atoms with Crippen LogP contribution in [-0.2, 0) is 6.61 Å². The van der Waals surface area contributed by atoms with Gasteiger partial charge in [-0.3, -0.25) is 4.98 Å². The first-order valence-corrected chi connectivity index (χ1v) is 5.98. The third-order valence-electron chi connectivity index (χ3n) is 2.78. The summed E-state index contributed by atoms with van der Waals surface area (Å²) < 4.78 is 5.71. The van der Waals surface area contributed by atoms with Crippen LogP contribution < -0.4 is 4.74 Å². The number of benzene rings is 1. The first kappa shape index (κ1) is 12.6. The predicted octanol–water partition coefficient (Wildman–Crippen LogP) is 3.02.